The van der Waals surface area contributed by atoms with Crippen LogP contribution in [0.3, 0.4) is 0 Å². The first-order valence-corrected chi connectivity index (χ1v) is 14.9. The van der Waals surface area contributed by atoms with Gasteiger partial charge in [-0.3, -0.25) is 9.59 Å². The molecule has 0 fully saturated rings. The third kappa shape index (κ3) is 8.96. The zero-order valence-electron chi connectivity index (χ0n) is 25.1. The lowest BCUT2D eigenvalue weighted by Gasteiger charge is -2.19. The Morgan fingerprint density at radius 3 is 2.26 bits per heavy atom. The van der Waals surface area contributed by atoms with Crippen molar-refractivity contribution in [2.45, 2.75) is 25.4 Å². The number of urea groups is 1. The van der Waals surface area contributed by atoms with Crippen molar-refractivity contribution in [3.63, 3.8) is 0 Å². The monoisotopic (exact) mass is 633 g/mol. The van der Waals surface area contributed by atoms with Gasteiger partial charge in [0.15, 0.2) is 5.78 Å². The van der Waals surface area contributed by atoms with Crippen molar-refractivity contribution in [3.05, 3.63) is 143 Å². The van der Waals surface area contributed by atoms with E-state index in [0.717, 1.165) is 16.7 Å². The Labute approximate surface area is 271 Å². The summed E-state index contributed by atoms with van der Waals surface area (Å²) >= 11 is 6.20. The highest BCUT2D eigenvalue weighted by atomic mass is 35.5. The molecule has 0 spiro atoms. The highest BCUT2D eigenvalue weighted by molar-refractivity contribution is 6.30. The lowest BCUT2D eigenvalue weighted by molar-refractivity contribution is -0.125. The van der Waals surface area contributed by atoms with Crippen LogP contribution in [0.2, 0.25) is 5.02 Å². The Morgan fingerprint density at radius 2 is 1.59 bits per heavy atom. The third-order valence-corrected chi connectivity index (χ3v) is 7.42. The van der Waals surface area contributed by atoms with Crippen LogP contribution in [0.4, 0.5) is 10.5 Å². The summed E-state index contributed by atoms with van der Waals surface area (Å²) in [5.74, 6) is -0.586. The molecule has 0 aliphatic heterocycles. The molecule has 0 saturated carbocycles. The van der Waals surface area contributed by atoms with Gasteiger partial charge in [0.05, 0.1) is 11.7 Å². The molecule has 4 aromatic carbocycles. The minimum absolute atomic E-state index is 0.0986. The van der Waals surface area contributed by atoms with Gasteiger partial charge in [0.1, 0.15) is 6.33 Å². The number of hydrogen-bond donors (Lipinski definition) is 2. The van der Waals surface area contributed by atoms with Gasteiger partial charge in [-0.15, -0.1) is 5.10 Å². The van der Waals surface area contributed by atoms with Crippen LogP contribution in [0.1, 0.15) is 22.3 Å². The zero-order chi connectivity index (χ0) is 32.3. The summed E-state index contributed by atoms with van der Waals surface area (Å²) in [6.45, 7) is 0.475. The van der Waals surface area contributed by atoms with Crippen LogP contribution in [-0.2, 0) is 29.0 Å². The van der Waals surface area contributed by atoms with Gasteiger partial charge >= 0.3 is 6.03 Å². The van der Waals surface area contributed by atoms with E-state index in [9.17, 15) is 14.4 Å². The fourth-order valence-electron chi connectivity index (χ4n) is 4.80. The molecule has 0 saturated heterocycles. The van der Waals surface area contributed by atoms with Crippen molar-refractivity contribution >= 4 is 41.1 Å². The van der Waals surface area contributed by atoms with Crippen LogP contribution < -0.4 is 10.6 Å². The number of ketones is 1. The summed E-state index contributed by atoms with van der Waals surface area (Å²) in [4.78, 5) is 40.9. The summed E-state index contributed by atoms with van der Waals surface area (Å²) in [6, 6.07) is 30.5. The van der Waals surface area contributed by atoms with E-state index in [2.05, 4.69) is 26.2 Å². The average molecular weight is 634 g/mol. The van der Waals surface area contributed by atoms with Gasteiger partial charge < -0.3 is 15.5 Å². The van der Waals surface area contributed by atoms with Crippen molar-refractivity contribution in [2.24, 2.45) is 0 Å². The second kappa shape index (κ2) is 15.4. The summed E-state index contributed by atoms with van der Waals surface area (Å²) in [7, 11) is 1.73. The Hall–Kier alpha value is -5.61. The maximum absolute atomic E-state index is 13.5. The number of nitrogens with zero attached hydrogens (tertiary/aromatic N) is 5. The quantitative estimate of drug-likeness (QED) is 0.174. The number of benzene rings is 4. The van der Waals surface area contributed by atoms with Crippen molar-refractivity contribution in [3.8, 4) is 5.69 Å². The number of carbonyl (C=O) groups is 3. The molecule has 0 aliphatic carbocycles. The molecule has 5 aromatic rings. The molecule has 3 amide bonds. The van der Waals surface area contributed by atoms with Gasteiger partial charge in [0, 0.05) is 42.4 Å². The highest BCUT2D eigenvalue weighted by Crippen LogP contribution is 2.20. The number of anilines is 1. The van der Waals surface area contributed by atoms with E-state index in [1.54, 1.807) is 60.5 Å². The Balaban J connectivity index is 1.24. The molecule has 0 radical (unpaired) electrons. The van der Waals surface area contributed by atoms with E-state index < -0.39 is 11.9 Å². The number of aromatic nitrogens is 4. The second-order valence-corrected chi connectivity index (χ2v) is 11.1. The van der Waals surface area contributed by atoms with Gasteiger partial charge in [0.25, 0.3) is 0 Å². The maximum atomic E-state index is 13.5. The fraction of sp³-hybridized carbons (Fsp3) is 0.143. The van der Waals surface area contributed by atoms with E-state index in [1.165, 1.54) is 17.1 Å². The second-order valence-electron chi connectivity index (χ2n) is 10.7. The van der Waals surface area contributed by atoms with Crippen molar-refractivity contribution in [1.82, 2.24) is 30.4 Å². The molecule has 5 rings (SSSR count). The summed E-state index contributed by atoms with van der Waals surface area (Å²) in [5, 5.41) is 17.5. The molecular weight excluding hydrogens is 602 g/mol. The number of hydrogen-bond acceptors (Lipinski definition) is 6. The lowest BCUT2D eigenvalue weighted by Crippen LogP contribution is -2.42. The highest BCUT2D eigenvalue weighted by Gasteiger charge is 2.21. The molecule has 1 heterocycles. The molecule has 0 aliphatic rings. The van der Waals surface area contributed by atoms with E-state index in [4.69, 9.17) is 11.6 Å². The van der Waals surface area contributed by atoms with E-state index >= 15 is 0 Å². The summed E-state index contributed by atoms with van der Waals surface area (Å²) in [6.07, 6.45) is 4.83. The van der Waals surface area contributed by atoms with Gasteiger partial charge in [-0.05, 0) is 69.9 Å². The molecular formula is C35H32ClN7O3. The number of nitrogens with one attached hydrogen (secondary N) is 2. The van der Waals surface area contributed by atoms with Crippen LogP contribution in [-0.4, -0.2) is 55.9 Å². The first-order chi connectivity index (χ1) is 22.3. The van der Waals surface area contributed by atoms with Gasteiger partial charge in [-0.1, -0.05) is 84.4 Å². The largest absolute Gasteiger partial charge is 0.342 e. The smallest absolute Gasteiger partial charge is 0.321 e. The first kappa shape index (κ1) is 31.8. The van der Waals surface area contributed by atoms with E-state index in [-0.39, 0.29) is 18.2 Å². The van der Waals surface area contributed by atoms with Gasteiger partial charge in [-0.25, -0.2) is 4.79 Å². The molecule has 1 aromatic heterocycles. The third-order valence-electron chi connectivity index (χ3n) is 7.18. The Kier molecular flexibility index (Phi) is 10.6. The minimum atomic E-state index is -0.774. The SMILES string of the molecule is CN(Cc1ccccc1)C(=O)Nc1ccc(CC(=O)[C@H](Cc2ccccc2)NC(=O)/C=C/c2cc(Cl)ccc2-n2cnnn2)cc1. The molecule has 46 heavy (non-hydrogen) atoms. The van der Waals surface area contributed by atoms with Crippen LogP contribution in [0.15, 0.2) is 116 Å². The predicted octanol–water partition coefficient (Wildman–Crippen LogP) is 5.53. The molecule has 232 valence electrons. The minimum Gasteiger partial charge on any atom is -0.342 e. The van der Waals surface area contributed by atoms with Gasteiger partial charge in [0.2, 0.25) is 5.91 Å². The van der Waals surface area contributed by atoms with Gasteiger partial charge in [-0.2, -0.15) is 4.68 Å². The molecule has 1 atom stereocenters. The van der Waals surface area contributed by atoms with Crippen LogP contribution in [0, 0.1) is 0 Å². The van der Waals surface area contributed by atoms with E-state index in [1.807, 2.05) is 60.7 Å². The standard InChI is InChI=1S/C35H32ClN7O3/c1-42(23-27-10-6-3-7-11-27)35(46)38-30-16-12-26(13-17-30)21-33(44)31(20-25-8-4-2-5-9-25)39-34(45)19-14-28-22-29(36)15-18-32(28)43-24-37-40-41-43/h2-19,22,24,31H,20-21,23H2,1H3,(H,38,46)(H,39,45)/b19-14+/t31-/m0/s1. The normalized spacial score (nSPS) is 11.6. The topological polar surface area (TPSA) is 122 Å². The van der Waals surface area contributed by atoms with Crippen LogP contribution in [0.25, 0.3) is 11.8 Å². The van der Waals surface area contributed by atoms with Crippen molar-refractivity contribution in [2.75, 3.05) is 12.4 Å². The first-order valence-electron chi connectivity index (χ1n) is 14.6. The molecule has 0 bridgehead atoms. The number of halogens is 1. The van der Waals surface area contributed by atoms with Crippen molar-refractivity contribution in [1.29, 1.82) is 0 Å². The number of Topliss-reactive ketones (excluding diaryl/α,β-unsaturated/α-hetero) is 1. The van der Waals surface area contributed by atoms with Crippen LogP contribution in [0.5, 0.6) is 0 Å². The predicted molar refractivity (Wildman–Crippen MR) is 177 cm³/mol. The zero-order valence-corrected chi connectivity index (χ0v) is 25.8. The lowest BCUT2D eigenvalue weighted by atomic mass is 9.97. The Morgan fingerprint density at radius 1 is 0.891 bits per heavy atom. The van der Waals surface area contributed by atoms with Crippen LogP contribution >= 0.6 is 11.6 Å². The molecule has 10 nitrogen and oxygen atoms in total. The van der Waals surface area contributed by atoms with Crippen molar-refractivity contribution < 1.29 is 14.4 Å². The average Bonchev–Trinajstić information content (AvgIpc) is 3.60. The molecule has 2 N–H and O–H groups in total. The fourth-order valence-corrected chi connectivity index (χ4v) is 4.98. The summed E-state index contributed by atoms with van der Waals surface area (Å²) in [5.41, 5.74) is 4.58. The number of rotatable bonds is 12. The molecule has 11 heteroatoms. The maximum Gasteiger partial charge on any atom is 0.321 e. The number of carbonyl (C=O) groups excluding carboxylic acids is 3. The number of tetrazole rings is 1. The number of amides is 3. The Bertz CT molecular complexity index is 1800. The molecule has 0 unspecified atom stereocenters. The summed E-state index contributed by atoms with van der Waals surface area (Å²) < 4.78 is 1.47. The van der Waals surface area contributed by atoms with E-state index in [0.29, 0.717) is 34.9 Å².